The van der Waals surface area contributed by atoms with Crippen molar-refractivity contribution < 1.29 is 18.0 Å². The van der Waals surface area contributed by atoms with Crippen LogP contribution in [0.15, 0.2) is 53.4 Å². The van der Waals surface area contributed by atoms with Crippen molar-refractivity contribution in [1.29, 1.82) is 0 Å². The Morgan fingerprint density at radius 3 is 2.70 bits per heavy atom. The maximum absolute atomic E-state index is 13.2. The lowest BCUT2D eigenvalue weighted by Gasteiger charge is -2.07. The number of rotatable bonds is 4. The summed E-state index contributed by atoms with van der Waals surface area (Å²) in [6.07, 6.45) is 4.51. The standard InChI is InChI=1S/C16H11F2N3O2/c17-11-4-3-10(8-12(11)18)16(22)21-9-13-15(20-6-5-19-13)14-2-1-7-23-14/h1-8H,9H2,(H,21,22). The SMILES string of the molecule is O=C(NCc1nccnc1-c1ccco1)c1ccc(F)c(F)c1. The summed E-state index contributed by atoms with van der Waals surface area (Å²) in [5, 5.41) is 2.59. The van der Waals surface area contributed by atoms with Crippen LogP contribution in [-0.2, 0) is 6.54 Å². The number of hydrogen-bond donors (Lipinski definition) is 1. The molecule has 0 aliphatic heterocycles. The number of aromatic nitrogens is 2. The molecule has 0 atom stereocenters. The molecular weight excluding hydrogens is 304 g/mol. The molecule has 23 heavy (non-hydrogen) atoms. The molecule has 0 saturated carbocycles. The van der Waals surface area contributed by atoms with Crippen molar-refractivity contribution in [2.24, 2.45) is 0 Å². The molecule has 0 bridgehead atoms. The highest BCUT2D eigenvalue weighted by Crippen LogP contribution is 2.19. The Morgan fingerprint density at radius 1 is 1.13 bits per heavy atom. The van der Waals surface area contributed by atoms with E-state index >= 15 is 0 Å². The predicted octanol–water partition coefficient (Wildman–Crippen LogP) is 2.94. The van der Waals surface area contributed by atoms with Crippen LogP contribution in [-0.4, -0.2) is 15.9 Å². The Morgan fingerprint density at radius 2 is 1.96 bits per heavy atom. The average Bonchev–Trinajstić information content (AvgIpc) is 3.10. The van der Waals surface area contributed by atoms with E-state index in [1.807, 2.05) is 0 Å². The van der Waals surface area contributed by atoms with Gasteiger partial charge in [-0.15, -0.1) is 0 Å². The van der Waals surface area contributed by atoms with Gasteiger partial charge in [0.25, 0.3) is 5.91 Å². The summed E-state index contributed by atoms with van der Waals surface area (Å²) < 4.78 is 31.3. The Balaban J connectivity index is 1.76. The summed E-state index contributed by atoms with van der Waals surface area (Å²) in [5.74, 6) is -2.10. The molecule has 1 N–H and O–H groups in total. The fourth-order valence-corrected chi connectivity index (χ4v) is 2.02. The molecule has 3 rings (SSSR count). The van der Waals surface area contributed by atoms with Crippen molar-refractivity contribution >= 4 is 5.91 Å². The summed E-state index contributed by atoms with van der Waals surface area (Å²) in [6, 6.07) is 6.39. The van der Waals surface area contributed by atoms with Crippen LogP contribution in [0.1, 0.15) is 16.1 Å². The number of carbonyl (C=O) groups is 1. The van der Waals surface area contributed by atoms with Gasteiger partial charge < -0.3 is 9.73 Å². The van der Waals surface area contributed by atoms with Crippen LogP contribution in [0.2, 0.25) is 0 Å². The van der Waals surface area contributed by atoms with Gasteiger partial charge in [0.05, 0.1) is 18.5 Å². The molecule has 1 amide bonds. The molecule has 0 spiro atoms. The molecule has 0 unspecified atom stereocenters. The van der Waals surface area contributed by atoms with E-state index in [4.69, 9.17) is 4.42 Å². The highest BCUT2D eigenvalue weighted by molar-refractivity contribution is 5.94. The Hall–Kier alpha value is -3.09. The second kappa shape index (κ2) is 6.35. The average molecular weight is 315 g/mol. The second-order valence-electron chi connectivity index (χ2n) is 4.64. The second-order valence-corrected chi connectivity index (χ2v) is 4.64. The van der Waals surface area contributed by atoms with Crippen molar-refractivity contribution in [1.82, 2.24) is 15.3 Å². The number of amides is 1. The molecule has 0 aliphatic carbocycles. The molecule has 2 heterocycles. The largest absolute Gasteiger partial charge is 0.463 e. The van der Waals surface area contributed by atoms with Crippen molar-refractivity contribution in [2.75, 3.05) is 0 Å². The monoisotopic (exact) mass is 315 g/mol. The van der Waals surface area contributed by atoms with Crippen LogP contribution < -0.4 is 5.32 Å². The molecule has 2 aromatic heterocycles. The lowest BCUT2D eigenvalue weighted by Crippen LogP contribution is -2.24. The summed E-state index contributed by atoms with van der Waals surface area (Å²) in [4.78, 5) is 20.3. The van der Waals surface area contributed by atoms with Crippen LogP contribution in [0.4, 0.5) is 8.78 Å². The minimum atomic E-state index is -1.08. The van der Waals surface area contributed by atoms with Crippen LogP contribution >= 0.6 is 0 Å². The predicted molar refractivity (Wildman–Crippen MR) is 77.3 cm³/mol. The lowest BCUT2D eigenvalue weighted by molar-refractivity contribution is 0.0950. The third kappa shape index (κ3) is 3.23. The summed E-state index contributed by atoms with van der Waals surface area (Å²) in [7, 11) is 0. The van der Waals surface area contributed by atoms with E-state index in [0.29, 0.717) is 17.1 Å². The first kappa shape index (κ1) is 14.8. The third-order valence-electron chi connectivity index (χ3n) is 3.13. The van der Waals surface area contributed by atoms with Gasteiger partial charge in [-0.25, -0.2) is 13.8 Å². The summed E-state index contributed by atoms with van der Waals surface area (Å²) in [5.41, 5.74) is 1.02. The van der Waals surface area contributed by atoms with Gasteiger partial charge in [0.2, 0.25) is 0 Å². The van der Waals surface area contributed by atoms with Gasteiger partial charge in [-0.2, -0.15) is 0 Å². The lowest BCUT2D eigenvalue weighted by atomic mass is 10.2. The fourth-order valence-electron chi connectivity index (χ4n) is 2.02. The number of carbonyl (C=O) groups excluding carboxylic acids is 1. The van der Waals surface area contributed by atoms with Crippen LogP contribution in [0.5, 0.6) is 0 Å². The zero-order valence-corrected chi connectivity index (χ0v) is 11.8. The summed E-state index contributed by atoms with van der Waals surface area (Å²) >= 11 is 0. The van der Waals surface area contributed by atoms with E-state index < -0.39 is 17.5 Å². The Bertz CT molecular complexity index is 835. The molecule has 0 radical (unpaired) electrons. The fraction of sp³-hybridized carbons (Fsp3) is 0.0625. The Kier molecular flexibility index (Phi) is 4.09. The van der Waals surface area contributed by atoms with Crippen LogP contribution in [0.3, 0.4) is 0 Å². The molecule has 0 saturated heterocycles. The number of furan rings is 1. The van der Waals surface area contributed by atoms with Gasteiger partial charge in [-0.3, -0.25) is 9.78 Å². The van der Waals surface area contributed by atoms with E-state index in [1.165, 1.54) is 24.7 Å². The maximum Gasteiger partial charge on any atom is 0.251 e. The third-order valence-corrected chi connectivity index (χ3v) is 3.13. The zero-order chi connectivity index (χ0) is 16.2. The van der Waals surface area contributed by atoms with Crippen LogP contribution in [0, 0.1) is 11.6 Å². The van der Waals surface area contributed by atoms with E-state index in [9.17, 15) is 13.6 Å². The number of halogens is 2. The highest BCUT2D eigenvalue weighted by atomic mass is 19.2. The first-order valence-electron chi connectivity index (χ1n) is 6.72. The molecular formula is C16H11F2N3O2. The topological polar surface area (TPSA) is 68.0 Å². The highest BCUT2D eigenvalue weighted by Gasteiger charge is 2.13. The minimum absolute atomic E-state index is 0.0207. The van der Waals surface area contributed by atoms with Crippen molar-refractivity contribution in [3.63, 3.8) is 0 Å². The first-order chi connectivity index (χ1) is 11.1. The maximum atomic E-state index is 13.2. The van der Waals surface area contributed by atoms with Gasteiger partial charge >= 0.3 is 0 Å². The Labute approximate surface area is 130 Å². The summed E-state index contributed by atoms with van der Waals surface area (Å²) in [6.45, 7) is 0.0711. The van der Waals surface area contributed by atoms with E-state index in [1.54, 1.807) is 12.1 Å². The van der Waals surface area contributed by atoms with E-state index in [0.717, 1.165) is 12.1 Å². The van der Waals surface area contributed by atoms with Crippen molar-refractivity contribution in [3.05, 3.63) is 71.9 Å². The van der Waals surface area contributed by atoms with Crippen molar-refractivity contribution in [3.8, 4) is 11.5 Å². The number of nitrogens with one attached hydrogen (secondary N) is 1. The molecule has 3 aromatic rings. The molecule has 0 aliphatic rings. The molecule has 1 aromatic carbocycles. The van der Waals surface area contributed by atoms with Crippen LogP contribution in [0.25, 0.3) is 11.5 Å². The quantitative estimate of drug-likeness (QED) is 0.804. The van der Waals surface area contributed by atoms with Gasteiger partial charge in [-0.05, 0) is 30.3 Å². The molecule has 5 nitrogen and oxygen atoms in total. The number of hydrogen-bond acceptors (Lipinski definition) is 4. The normalized spacial score (nSPS) is 10.5. The van der Waals surface area contributed by atoms with E-state index in [-0.39, 0.29) is 12.1 Å². The minimum Gasteiger partial charge on any atom is -0.463 e. The van der Waals surface area contributed by atoms with Crippen molar-refractivity contribution in [2.45, 2.75) is 6.54 Å². The first-order valence-corrected chi connectivity index (χ1v) is 6.72. The van der Waals surface area contributed by atoms with Gasteiger partial charge in [0.1, 0.15) is 5.69 Å². The van der Waals surface area contributed by atoms with Gasteiger partial charge in [-0.1, -0.05) is 0 Å². The molecule has 7 heteroatoms. The number of nitrogens with zero attached hydrogens (tertiary/aromatic N) is 2. The zero-order valence-electron chi connectivity index (χ0n) is 11.8. The smallest absolute Gasteiger partial charge is 0.251 e. The van der Waals surface area contributed by atoms with E-state index in [2.05, 4.69) is 15.3 Å². The molecule has 0 fully saturated rings. The van der Waals surface area contributed by atoms with Gasteiger partial charge in [0, 0.05) is 18.0 Å². The number of benzene rings is 1. The van der Waals surface area contributed by atoms with Gasteiger partial charge in [0.15, 0.2) is 17.4 Å². The molecule has 116 valence electrons.